The Bertz CT molecular complexity index is 847. The second-order valence-electron chi connectivity index (χ2n) is 4.31. The lowest BCUT2D eigenvalue weighted by atomic mass is 10.2. The van der Waals surface area contributed by atoms with E-state index in [1.54, 1.807) is 36.4 Å². The second-order valence-corrected chi connectivity index (χ2v) is 5.60. The fourth-order valence-electron chi connectivity index (χ4n) is 1.93. The molecule has 1 aromatic heterocycles. The second kappa shape index (κ2) is 5.52. The van der Waals surface area contributed by atoms with Crippen LogP contribution in [0.5, 0.6) is 0 Å². The molecule has 0 atom stereocenters. The van der Waals surface area contributed by atoms with E-state index in [9.17, 15) is 0 Å². The summed E-state index contributed by atoms with van der Waals surface area (Å²) in [7, 11) is 0. The third-order valence-electron chi connectivity index (χ3n) is 2.82. The molecular weight excluding hydrogens is 329 g/mol. The normalized spacial score (nSPS) is 10.8. The Kier molecular flexibility index (Phi) is 3.71. The van der Waals surface area contributed by atoms with Gasteiger partial charge in [-0.1, -0.05) is 23.2 Å². The number of nitrogens with one attached hydrogen (secondary N) is 1. The lowest BCUT2D eigenvalue weighted by molar-refractivity contribution is 0.620. The molecule has 3 rings (SSSR count). The van der Waals surface area contributed by atoms with Gasteiger partial charge in [0.1, 0.15) is 5.52 Å². The van der Waals surface area contributed by atoms with Gasteiger partial charge in [0.25, 0.3) is 0 Å². The Morgan fingerprint density at radius 3 is 2.71 bits per heavy atom. The predicted octanol–water partition coefficient (Wildman–Crippen LogP) is 4.46. The fourth-order valence-corrected chi connectivity index (χ4v) is 2.53. The van der Waals surface area contributed by atoms with Crippen LogP contribution in [-0.2, 0) is 0 Å². The van der Waals surface area contributed by atoms with Crippen molar-refractivity contribution in [1.82, 2.24) is 4.98 Å². The molecular formula is C14H9Cl2N3OS. The molecule has 7 heteroatoms. The molecule has 0 radical (unpaired) electrons. The maximum absolute atomic E-state index is 6.16. The van der Waals surface area contributed by atoms with Crippen molar-refractivity contribution in [2.24, 2.45) is 5.73 Å². The van der Waals surface area contributed by atoms with Gasteiger partial charge in [0.2, 0.25) is 5.89 Å². The minimum Gasteiger partial charge on any atom is -0.436 e. The van der Waals surface area contributed by atoms with E-state index < -0.39 is 0 Å². The van der Waals surface area contributed by atoms with Crippen LogP contribution in [0, 0.1) is 0 Å². The van der Waals surface area contributed by atoms with Gasteiger partial charge in [0.15, 0.2) is 10.7 Å². The number of thiocarbonyl (C=S) groups is 1. The third-order valence-corrected chi connectivity index (χ3v) is 3.47. The third kappa shape index (κ3) is 2.95. The van der Waals surface area contributed by atoms with E-state index in [0.717, 1.165) is 5.69 Å². The minimum atomic E-state index is 0.193. The van der Waals surface area contributed by atoms with E-state index in [1.165, 1.54) is 0 Å². The highest BCUT2D eigenvalue weighted by Gasteiger charge is 2.12. The van der Waals surface area contributed by atoms with Gasteiger partial charge in [-0.05, 0) is 48.6 Å². The maximum Gasteiger partial charge on any atom is 0.228 e. The number of nitrogens with two attached hydrogens (primary N) is 1. The molecule has 3 aromatic rings. The van der Waals surface area contributed by atoms with Gasteiger partial charge < -0.3 is 15.5 Å². The number of halogens is 2. The number of oxazole rings is 1. The lowest BCUT2D eigenvalue weighted by Gasteiger charge is -2.01. The van der Waals surface area contributed by atoms with Crippen LogP contribution in [0.15, 0.2) is 40.8 Å². The van der Waals surface area contributed by atoms with Gasteiger partial charge in [0.05, 0.1) is 10.6 Å². The summed E-state index contributed by atoms with van der Waals surface area (Å²) < 4.78 is 5.70. The number of hydrogen-bond donors (Lipinski definition) is 2. The van der Waals surface area contributed by atoms with Crippen LogP contribution in [-0.4, -0.2) is 10.1 Å². The van der Waals surface area contributed by atoms with Crippen LogP contribution in [0.1, 0.15) is 0 Å². The summed E-state index contributed by atoms with van der Waals surface area (Å²) in [6, 6.07) is 10.5. The number of fused-ring (bicyclic) bond motifs is 1. The molecule has 0 fully saturated rings. The average molecular weight is 338 g/mol. The summed E-state index contributed by atoms with van der Waals surface area (Å²) in [5.41, 5.74) is 8.20. The molecule has 106 valence electrons. The molecule has 2 aromatic carbocycles. The molecule has 0 aliphatic heterocycles. The Labute approximate surface area is 135 Å². The Morgan fingerprint density at radius 2 is 2.00 bits per heavy atom. The van der Waals surface area contributed by atoms with Crippen molar-refractivity contribution in [2.75, 3.05) is 5.32 Å². The van der Waals surface area contributed by atoms with Crippen molar-refractivity contribution in [1.29, 1.82) is 0 Å². The largest absolute Gasteiger partial charge is 0.436 e. The molecule has 0 aliphatic carbocycles. The minimum absolute atomic E-state index is 0.193. The quantitative estimate of drug-likeness (QED) is 0.676. The summed E-state index contributed by atoms with van der Waals surface area (Å²) in [6.07, 6.45) is 0. The van der Waals surface area contributed by atoms with Crippen molar-refractivity contribution in [2.45, 2.75) is 0 Å². The summed E-state index contributed by atoms with van der Waals surface area (Å²) in [4.78, 5) is 4.42. The van der Waals surface area contributed by atoms with Crippen molar-refractivity contribution in [3.63, 3.8) is 0 Å². The van der Waals surface area contributed by atoms with Gasteiger partial charge in [0, 0.05) is 10.7 Å². The van der Waals surface area contributed by atoms with Crippen molar-refractivity contribution in [3.8, 4) is 11.5 Å². The van der Waals surface area contributed by atoms with E-state index in [-0.39, 0.29) is 5.11 Å². The van der Waals surface area contributed by atoms with E-state index in [4.69, 9.17) is 45.6 Å². The highest BCUT2D eigenvalue weighted by atomic mass is 35.5. The van der Waals surface area contributed by atoms with Crippen LogP contribution in [0.3, 0.4) is 0 Å². The molecule has 0 bridgehead atoms. The smallest absolute Gasteiger partial charge is 0.228 e. The molecule has 0 amide bonds. The number of nitrogens with zero attached hydrogens (tertiary/aromatic N) is 1. The molecule has 0 saturated heterocycles. The molecule has 0 saturated carbocycles. The SMILES string of the molecule is NC(=S)Nc1ccc2oc(-c3ccc(Cl)cc3Cl)nc2c1. The van der Waals surface area contributed by atoms with Crippen LogP contribution >= 0.6 is 35.4 Å². The molecule has 3 N–H and O–H groups in total. The highest BCUT2D eigenvalue weighted by molar-refractivity contribution is 7.80. The number of rotatable bonds is 2. The molecule has 21 heavy (non-hydrogen) atoms. The zero-order valence-corrected chi connectivity index (χ0v) is 12.9. The van der Waals surface area contributed by atoms with Crippen LogP contribution in [0.2, 0.25) is 10.0 Å². The molecule has 1 heterocycles. The number of aromatic nitrogens is 1. The molecule has 0 aliphatic rings. The van der Waals surface area contributed by atoms with E-state index >= 15 is 0 Å². The number of anilines is 1. The first kappa shape index (κ1) is 14.1. The lowest BCUT2D eigenvalue weighted by Crippen LogP contribution is -2.18. The number of benzene rings is 2. The molecule has 4 nitrogen and oxygen atoms in total. The van der Waals surface area contributed by atoms with Crippen molar-refractivity contribution in [3.05, 3.63) is 46.4 Å². The summed E-state index contributed by atoms with van der Waals surface area (Å²) in [6.45, 7) is 0. The Morgan fingerprint density at radius 1 is 1.19 bits per heavy atom. The predicted molar refractivity (Wildman–Crippen MR) is 89.9 cm³/mol. The zero-order chi connectivity index (χ0) is 15.0. The topological polar surface area (TPSA) is 64.1 Å². The zero-order valence-electron chi connectivity index (χ0n) is 10.6. The first-order chi connectivity index (χ1) is 10.0. The van der Waals surface area contributed by atoms with Crippen molar-refractivity contribution < 1.29 is 4.42 Å². The van der Waals surface area contributed by atoms with Crippen LogP contribution in [0.25, 0.3) is 22.6 Å². The summed E-state index contributed by atoms with van der Waals surface area (Å²) >= 11 is 16.9. The van der Waals surface area contributed by atoms with Crippen LogP contribution < -0.4 is 11.1 Å². The Balaban J connectivity index is 2.06. The van der Waals surface area contributed by atoms with Crippen LogP contribution in [0.4, 0.5) is 5.69 Å². The highest BCUT2D eigenvalue weighted by Crippen LogP contribution is 2.32. The van der Waals surface area contributed by atoms with Gasteiger partial charge in [-0.15, -0.1) is 0 Å². The number of hydrogen-bond acceptors (Lipinski definition) is 3. The first-order valence-electron chi connectivity index (χ1n) is 5.95. The van der Waals surface area contributed by atoms with Gasteiger partial charge in [-0.3, -0.25) is 0 Å². The van der Waals surface area contributed by atoms with E-state index in [2.05, 4.69) is 10.3 Å². The standard InChI is InChI=1S/C14H9Cl2N3OS/c15-7-1-3-9(10(16)5-7)13-19-11-6-8(18-14(17)21)2-4-12(11)20-13/h1-6H,(H3,17,18,21). The summed E-state index contributed by atoms with van der Waals surface area (Å²) in [5.74, 6) is 0.430. The monoisotopic (exact) mass is 337 g/mol. The summed E-state index contributed by atoms with van der Waals surface area (Å²) in [5, 5.41) is 4.08. The van der Waals surface area contributed by atoms with Gasteiger partial charge in [-0.2, -0.15) is 0 Å². The Hall–Kier alpha value is -1.82. The van der Waals surface area contributed by atoms with E-state index in [0.29, 0.717) is 32.6 Å². The van der Waals surface area contributed by atoms with Crippen molar-refractivity contribution >= 4 is 57.3 Å². The van der Waals surface area contributed by atoms with E-state index in [1.807, 2.05) is 0 Å². The maximum atomic E-state index is 6.16. The van der Waals surface area contributed by atoms with Gasteiger partial charge in [-0.25, -0.2) is 4.98 Å². The average Bonchev–Trinajstić information content (AvgIpc) is 2.80. The fraction of sp³-hybridized carbons (Fsp3) is 0. The molecule has 0 unspecified atom stereocenters. The van der Waals surface area contributed by atoms with Gasteiger partial charge >= 0.3 is 0 Å². The first-order valence-corrected chi connectivity index (χ1v) is 7.12. The molecule has 0 spiro atoms.